The summed E-state index contributed by atoms with van der Waals surface area (Å²) >= 11 is 0. The minimum absolute atomic E-state index is 0.0350. The number of hydrogen-bond acceptors (Lipinski definition) is 7. The number of phenolic OH excluding ortho intramolecular Hbond substituents is 1. The number of carboxylic acids is 1. The Hall–Kier alpha value is -4.91. The first-order valence-electron chi connectivity index (χ1n) is 16.8. The molecule has 4 rings (SSSR count). The molecule has 2 aromatic carbocycles. The number of aromatic amines is 1. The zero-order valence-electron chi connectivity index (χ0n) is 28.4. The summed E-state index contributed by atoms with van der Waals surface area (Å²) in [6, 6.07) is 8.53. The smallest absolute Gasteiger partial charge is 0.326 e. The Kier molecular flexibility index (Phi) is 12.4. The fourth-order valence-electron chi connectivity index (χ4n) is 6.12. The molecule has 1 saturated heterocycles. The van der Waals surface area contributed by atoms with Crippen molar-refractivity contribution in [2.24, 2.45) is 17.6 Å². The molecule has 0 radical (unpaired) electrons. The molecule has 3 aromatic rings. The molecule has 264 valence electrons. The quantitative estimate of drug-likeness (QED) is 0.127. The molecule has 0 saturated carbocycles. The number of aromatic nitrogens is 1. The molecule has 13 nitrogen and oxygen atoms in total. The summed E-state index contributed by atoms with van der Waals surface area (Å²) in [5, 5.41) is 28.9. The monoisotopic (exact) mass is 676 g/mol. The Morgan fingerprint density at radius 1 is 0.939 bits per heavy atom. The Morgan fingerprint density at radius 3 is 2.29 bits per heavy atom. The maximum absolute atomic E-state index is 14.2. The van der Waals surface area contributed by atoms with Gasteiger partial charge in [-0.1, -0.05) is 64.4 Å². The Balaban J connectivity index is 1.53. The number of likely N-dealkylation sites (tertiary alicyclic amines) is 1. The number of hydrogen-bond donors (Lipinski definition) is 7. The Morgan fingerprint density at radius 2 is 1.63 bits per heavy atom. The number of aliphatic carboxylic acids is 1. The molecule has 1 aromatic heterocycles. The molecule has 1 aliphatic heterocycles. The lowest BCUT2D eigenvalue weighted by Crippen LogP contribution is -2.60. The number of nitrogens with one attached hydrogen (secondary N) is 4. The van der Waals surface area contributed by atoms with E-state index >= 15 is 0 Å². The zero-order chi connectivity index (χ0) is 35.8. The first kappa shape index (κ1) is 36.9. The molecule has 1 fully saturated rings. The van der Waals surface area contributed by atoms with Crippen molar-refractivity contribution in [1.29, 1.82) is 0 Å². The third-order valence-corrected chi connectivity index (χ3v) is 9.35. The van der Waals surface area contributed by atoms with Crippen LogP contribution < -0.4 is 21.7 Å². The van der Waals surface area contributed by atoms with E-state index in [2.05, 4.69) is 20.9 Å². The second-order valence-corrected chi connectivity index (χ2v) is 13.2. The highest BCUT2D eigenvalue weighted by Crippen LogP contribution is 2.23. The number of rotatable bonds is 15. The molecule has 1 aliphatic rings. The van der Waals surface area contributed by atoms with Crippen LogP contribution in [0.25, 0.3) is 10.9 Å². The van der Waals surface area contributed by atoms with E-state index in [1.165, 1.54) is 17.0 Å². The maximum atomic E-state index is 14.2. The second-order valence-electron chi connectivity index (χ2n) is 13.2. The van der Waals surface area contributed by atoms with Gasteiger partial charge >= 0.3 is 5.97 Å². The van der Waals surface area contributed by atoms with E-state index in [0.29, 0.717) is 24.8 Å². The van der Waals surface area contributed by atoms with Crippen LogP contribution >= 0.6 is 0 Å². The molecule has 4 amide bonds. The number of carbonyl (C=O) groups excluding carboxylic acids is 4. The van der Waals surface area contributed by atoms with E-state index in [1.807, 2.05) is 38.1 Å². The molecule has 0 unspecified atom stereocenters. The number of phenols is 1. The van der Waals surface area contributed by atoms with Crippen LogP contribution in [0, 0.1) is 11.8 Å². The lowest BCUT2D eigenvalue weighted by molar-refractivity contribution is -0.145. The normalized spacial score (nSPS) is 17.6. The van der Waals surface area contributed by atoms with Crippen molar-refractivity contribution < 1.29 is 34.2 Å². The lowest BCUT2D eigenvalue weighted by Gasteiger charge is -2.31. The van der Waals surface area contributed by atoms with Crippen LogP contribution in [0.15, 0.2) is 54.7 Å². The summed E-state index contributed by atoms with van der Waals surface area (Å²) in [7, 11) is 0. The van der Waals surface area contributed by atoms with E-state index in [4.69, 9.17) is 5.73 Å². The van der Waals surface area contributed by atoms with Crippen LogP contribution in [-0.2, 0) is 36.8 Å². The number of nitrogens with zero attached hydrogens (tertiary/aromatic N) is 1. The van der Waals surface area contributed by atoms with Gasteiger partial charge in [-0.05, 0) is 54.0 Å². The van der Waals surface area contributed by atoms with Gasteiger partial charge in [0.05, 0.1) is 6.04 Å². The average Bonchev–Trinajstić information content (AvgIpc) is 3.74. The van der Waals surface area contributed by atoms with Gasteiger partial charge in [-0.15, -0.1) is 0 Å². The highest BCUT2D eigenvalue weighted by atomic mass is 16.4. The van der Waals surface area contributed by atoms with Gasteiger partial charge < -0.3 is 41.8 Å². The molecule has 0 aliphatic carbocycles. The van der Waals surface area contributed by atoms with Crippen LogP contribution in [0.3, 0.4) is 0 Å². The third kappa shape index (κ3) is 9.17. The number of para-hydroxylation sites is 1. The number of nitrogens with two attached hydrogens (primary N) is 1. The zero-order valence-corrected chi connectivity index (χ0v) is 28.4. The van der Waals surface area contributed by atoms with Crippen molar-refractivity contribution in [3.63, 3.8) is 0 Å². The minimum atomic E-state index is -1.24. The summed E-state index contributed by atoms with van der Waals surface area (Å²) in [4.78, 5) is 71.2. The highest BCUT2D eigenvalue weighted by molar-refractivity contribution is 5.96. The number of H-pyrrole nitrogens is 1. The molecule has 8 N–H and O–H groups in total. The van der Waals surface area contributed by atoms with E-state index < -0.39 is 59.8 Å². The molecule has 6 atom stereocenters. The van der Waals surface area contributed by atoms with Crippen molar-refractivity contribution in [2.75, 3.05) is 6.54 Å². The van der Waals surface area contributed by atoms with Crippen molar-refractivity contribution >= 4 is 40.5 Å². The summed E-state index contributed by atoms with van der Waals surface area (Å²) < 4.78 is 0. The number of benzene rings is 2. The largest absolute Gasteiger partial charge is 0.508 e. The second kappa shape index (κ2) is 16.5. The van der Waals surface area contributed by atoms with Crippen molar-refractivity contribution in [3.8, 4) is 5.75 Å². The van der Waals surface area contributed by atoms with E-state index in [-0.39, 0.29) is 37.0 Å². The maximum Gasteiger partial charge on any atom is 0.326 e. The number of aromatic hydroxyl groups is 1. The molecule has 0 spiro atoms. The summed E-state index contributed by atoms with van der Waals surface area (Å²) in [5.41, 5.74) is 8.35. The third-order valence-electron chi connectivity index (χ3n) is 9.35. The van der Waals surface area contributed by atoms with Gasteiger partial charge in [0.2, 0.25) is 23.6 Å². The summed E-state index contributed by atoms with van der Waals surface area (Å²) in [6.07, 6.45) is 3.29. The summed E-state index contributed by atoms with van der Waals surface area (Å²) in [5.74, 6) is -3.79. The first-order valence-corrected chi connectivity index (χ1v) is 16.8. The Labute approximate surface area is 286 Å². The molecule has 0 bridgehead atoms. The predicted octanol–water partition coefficient (Wildman–Crippen LogP) is 2.22. The molecule has 49 heavy (non-hydrogen) atoms. The van der Waals surface area contributed by atoms with Crippen LogP contribution in [0.2, 0.25) is 0 Å². The molecular weight excluding hydrogens is 628 g/mol. The van der Waals surface area contributed by atoms with Gasteiger partial charge in [-0.3, -0.25) is 19.2 Å². The van der Waals surface area contributed by atoms with Gasteiger partial charge in [0.1, 0.15) is 29.9 Å². The van der Waals surface area contributed by atoms with Crippen molar-refractivity contribution in [2.45, 2.75) is 90.0 Å². The Bertz CT molecular complexity index is 1640. The molecular formula is C36H48N6O7. The number of carbonyl (C=O) groups is 5. The average molecular weight is 677 g/mol. The molecule has 13 heteroatoms. The van der Waals surface area contributed by atoms with Crippen LogP contribution in [-0.4, -0.2) is 86.4 Å². The van der Waals surface area contributed by atoms with Crippen LogP contribution in [0.4, 0.5) is 0 Å². The van der Waals surface area contributed by atoms with Gasteiger partial charge in [-0.25, -0.2) is 4.79 Å². The van der Waals surface area contributed by atoms with E-state index in [0.717, 1.165) is 16.5 Å². The van der Waals surface area contributed by atoms with Gasteiger partial charge in [0.15, 0.2) is 0 Å². The predicted molar refractivity (Wildman–Crippen MR) is 184 cm³/mol. The minimum Gasteiger partial charge on any atom is -0.508 e. The van der Waals surface area contributed by atoms with E-state index in [9.17, 15) is 34.2 Å². The van der Waals surface area contributed by atoms with E-state index in [1.54, 1.807) is 32.2 Å². The number of amides is 4. The van der Waals surface area contributed by atoms with Gasteiger partial charge in [-0.2, -0.15) is 0 Å². The van der Waals surface area contributed by atoms with Gasteiger partial charge in [0, 0.05) is 36.5 Å². The fraction of sp³-hybridized carbons (Fsp3) is 0.472. The number of carboxylic acid groups (broad SMARTS) is 1. The summed E-state index contributed by atoms with van der Waals surface area (Å²) in [6.45, 7) is 7.54. The SMILES string of the molecule is CC[C@H](C)[C@H](N)C(=O)N[C@H](C(=O)N[C@@H](Cc1ccc(O)cc1)C(=O)N1CCC[C@H]1C(=O)N[C@@H](Cc1c[nH]c2ccccc12)C(=O)O)C(C)C. The first-order chi connectivity index (χ1) is 23.3. The standard InChI is InChI=1S/C36H48N6O7/c1-5-21(4)30(37)33(45)41-31(20(2)3)34(46)39-27(17-22-12-14-24(43)15-13-22)35(47)42-16-8-11-29(42)32(44)40-28(36(48)49)18-23-19-38-26-10-7-6-9-25(23)26/h6-7,9-10,12-15,19-21,27-31,38,43H,5,8,11,16-18,37H2,1-4H3,(H,39,46)(H,40,44)(H,41,45)(H,48,49)/t21-,27-,28-,29-,30-,31-/m0/s1. The molecule has 2 heterocycles. The lowest BCUT2D eigenvalue weighted by atomic mass is 9.97. The fourth-order valence-corrected chi connectivity index (χ4v) is 6.12. The van der Waals surface area contributed by atoms with Crippen LogP contribution in [0.5, 0.6) is 5.75 Å². The van der Waals surface area contributed by atoms with Crippen molar-refractivity contribution in [1.82, 2.24) is 25.8 Å². The van der Waals surface area contributed by atoms with Crippen molar-refractivity contribution in [3.05, 3.63) is 65.9 Å². The van der Waals surface area contributed by atoms with Gasteiger partial charge in [0.25, 0.3) is 0 Å². The topological polar surface area (TPSA) is 207 Å². The number of fused-ring (bicyclic) bond motifs is 1. The van der Waals surface area contributed by atoms with Crippen LogP contribution in [0.1, 0.15) is 58.1 Å². The highest BCUT2D eigenvalue weighted by Gasteiger charge is 2.40.